The van der Waals surface area contributed by atoms with Crippen LogP contribution in [0.25, 0.3) is 0 Å². The summed E-state index contributed by atoms with van der Waals surface area (Å²) in [6, 6.07) is 12.4. The number of Topliss-reactive ketones (excluding diaryl/α,β-unsaturated/α-hetero) is 1. The van der Waals surface area contributed by atoms with E-state index in [0.29, 0.717) is 29.7 Å². The van der Waals surface area contributed by atoms with Crippen LogP contribution < -0.4 is 10.6 Å². The van der Waals surface area contributed by atoms with Gasteiger partial charge in [-0.05, 0) is 48.6 Å². The number of allylic oxidation sites excluding steroid dienone is 3. The number of nitrogens with zero attached hydrogens (tertiary/aromatic N) is 2. The van der Waals surface area contributed by atoms with Crippen LogP contribution in [0.5, 0.6) is 0 Å². The van der Waals surface area contributed by atoms with Gasteiger partial charge in [-0.1, -0.05) is 26.8 Å². The van der Waals surface area contributed by atoms with Crippen molar-refractivity contribution in [1.29, 1.82) is 5.26 Å². The van der Waals surface area contributed by atoms with E-state index in [9.17, 15) is 14.4 Å². The maximum atomic E-state index is 14.0. The maximum Gasteiger partial charge on any atom is 0.162 e. The normalized spacial score (nSPS) is 21.0. The molecule has 1 aromatic heterocycles. The first-order chi connectivity index (χ1) is 14.3. The molecular formula is C24H24FN3OS. The van der Waals surface area contributed by atoms with Crippen LogP contribution >= 0.6 is 11.3 Å². The standard InChI is InChI=1S/C24H24FN3OS/c1-4-16-8-9-20(30-16)21-17(13-26)23(27)28(15-7-5-6-14(25)10-15)18-11-24(2,3)12-19(29)22(18)21/h5-10,21H,4,11-12,27H2,1-3H3. The minimum atomic E-state index is -0.469. The summed E-state index contributed by atoms with van der Waals surface area (Å²) >= 11 is 1.61. The molecule has 0 fully saturated rings. The summed E-state index contributed by atoms with van der Waals surface area (Å²) in [5.74, 6) is -0.567. The molecule has 0 saturated carbocycles. The van der Waals surface area contributed by atoms with Crippen molar-refractivity contribution >= 4 is 22.8 Å². The van der Waals surface area contributed by atoms with Gasteiger partial charge in [0.05, 0.1) is 23.2 Å². The van der Waals surface area contributed by atoms with Gasteiger partial charge in [0.25, 0.3) is 0 Å². The zero-order valence-electron chi connectivity index (χ0n) is 17.3. The van der Waals surface area contributed by atoms with Gasteiger partial charge in [0.15, 0.2) is 5.78 Å². The molecule has 1 aliphatic carbocycles. The van der Waals surface area contributed by atoms with Gasteiger partial charge in [0, 0.05) is 27.4 Å². The van der Waals surface area contributed by atoms with Crippen molar-refractivity contribution in [1.82, 2.24) is 0 Å². The number of rotatable bonds is 3. The summed E-state index contributed by atoms with van der Waals surface area (Å²) in [6.07, 6.45) is 1.91. The second kappa shape index (κ2) is 7.41. The molecule has 0 saturated heterocycles. The van der Waals surface area contributed by atoms with Gasteiger partial charge < -0.3 is 5.73 Å². The van der Waals surface area contributed by atoms with E-state index in [0.717, 1.165) is 17.0 Å². The highest BCUT2D eigenvalue weighted by Gasteiger charge is 2.45. The number of anilines is 1. The molecule has 2 heterocycles. The lowest BCUT2D eigenvalue weighted by atomic mass is 9.69. The molecule has 0 amide bonds. The predicted octanol–water partition coefficient (Wildman–Crippen LogP) is 5.39. The molecule has 4 rings (SSSR count). The van der Waals surface area contributed by atoms with E-state index in [-0.39, 0.29) is 17.0 Å². The molecule has 1 aliphatic heterocycles. The highest BCUT2D eigenvalue weighted by Crippen LogP contribution is 2.51. The molecule has 0 spiro atoms. The first kappa shape index (κ1) is 20.4. The molecule has 2 aliphatic rings. The summed E-state index contributed by atoms with van der Waals surface area (Å²) in [4.78, 5) is 17.2. The Morgan fingerprint density at radius 1 is 1.30 bits per heavy atom. The third-order valence-corrected chi connectivity index (χ3v) is 7.06. The summed E-state index contributed by atoms with van der Waals surface area (Å²) < 4.78 is 14.0. The molecule has 1 atom stereocenters. The minimum absolute atomic E-state index is 0.0272. The van der Waals surface area contributed by atoms with Gasteiger partial charge in [-0.3, -0.25) is 9.69 Å². The Hall–Kier alpha value is -2.91. The van der Waals surface area contributed by atoms with Crippen LogP contribution in [0.1, 0.15) is 49.3 Å². The first-order valence-corrected chi connectivity index (χ1v) is 10.9. The van der Waals surface area contributed by atoms with Gasteiger partial charge in [-0.25, -0.2) is 4.39 Å². The summed E-state index contributed by atoms with van der Waals surface area (Å²) in [5, 5.41) is 10.0. The van der Waals surface area contributed by atoms with Crippen molar-refractivity contribution in [2.45, 2.75) is 46.0 Å². The lowest BCUT2D eigenvalue weighted by Crippen LogP contribution is -2.42. The van der Waals surface area contributed by atoms with Crippen LogP contribution in [0, 0.1) is 22.6 Å². The fraction of sp³-hybridized carbons (Fsp3) is 0.333. The zero-order chi connectivity index (χ0) is 21.6. The number of nitriles is 1. The van der Waals surface area contributed by atoms with E-state index in [2.05, 4.69) is 13.0 Å². The topological polar surface area (TPSA) is 70.1 Å². The fourth-order valence-electron chi connectivity index (χ4n) is 4.44. The minimum Gasteiger partial charge on any atom is -0.384 e. The summed E-state index contributed by atoms with van der Waals surface area (Å²) in [7, 11) is 0. The molecule has 2 N–H and O–H groups in total. The van der Waals surface area contributed by atoms with Gasteiger partial charge in [0.1, 0.15) is 11.6 Å². The Morgan fingerprint density at radius 3 is 2.70 bits per heavy atom. The third-order valence-electron chi connectivity index (χ3n) is 5.76. The molecule has 0 bridgehead atoms. The Labute approximate surface area is 180 Å². The number of hydrogen-bond acceptors (Lipinski definition) is 5. The largest absolute Gasteiger partial charge is 0.384 e. The van der Waals surface area contributed by atoms with E-state index in [1.807, 2.05) is 26.0 Å². The van der Waals surface area contributed by atoms with Crippen LogP contribution in [0.4, 0.5) is 10.1 Å². The monoisotopic (exact) mass is 421 g/mol. The number of benzene rings is 1. The third kappa shape index (κ3) is 3.33. The van der Waals surface area contributed by atoms with Crippen molar-refractivity contribution in [3.8, 4) is 6.07 Å². The molecule has 4 nitrogen and oxygen atoms in total. The van der Waals surface area contributed by atoms with Crippen molar-refractivity contribution in [2.24, 2.45) is 11.1 Å². The van der Waals surface area contributed by atoms with Gasteiger partial charge >= 0.3 is 0 Å². The SMILES string of the molecule is CCc1ccc(C2C(C#N)=C(N)N(c3cccc(F)c3)C3=C2C(=O)CC(C)(C)C3)s1. The highest BCUT2D eigenvalue weighted by molar-refractivity contribution is 7.12. The Balaban J connectivity index is 1.99. The van der Waals surface area contributed by atoms with Gasteiger partial charge in [-0.15, -0.1) is 11.3 Å². The quantitative estimate of drug-likeness (QED) is 0.721. The van der Waals surface area contributed by atoms with Crippen molar-refractivity contribution < 1.29 is 9.18 Å². The molecule has 2 aromatic rings. The fourth-order valence-corrected chi connectivity index (χ4v) is 5.52. The second-order valence-corrected chi connectivity index (χ2v) is 9.82. The second-order valence-electron chi connectivity index (χ2n) is 8.62. The van der Waals surface area contributed by atoms with Crippen molar-refractivity contribution in [3.05, 3.63) is 74.6 Å². The molecule has 154 valence electrons. The summed E-state index contributed by atoms with van der Waals surface area (Å²) in [6.45, 7) is 6.18. The first-order valence-electron chi connectivity index (χ1n) is 10.1. The molecular weight excluding hydrogens is 397 g/mol. The molecule has 0 radical (unpaired) electrons. The maximum absolute atomic E-state index is 14.0. The van der Waals surface area contributed by atoms with E-state index in [1.54, 1.807) is 28.4 Å². The van der Waals surface area contributed by atoms with E-state index in [1.165, 1.54) is 17.0 Å². The average Bonchev–Trinajstić information content (AvgIpc) is 3.15. The number of hydrogen-bond donors (Lipinski definition) is 1. The number of ketones is 1. The van der Waals surface area contributed by atoms with Crippen LogP contribution in [0.3, 0.4) is 0 Å². The number of nitrogens with two attached hydrogens (primary N) is 1. The lowest BCUT2D eigenvalue weighted by Gasteiger charge is -2.43. The lowest BCUT2D eigenvalue weighted by molar-refractivity contribution is -0.118. The molecule has 6 heteroatoms. The highest BCUT2D eigenvalue weighted by atomic mass is 32.1. The number of thiophene rings is 1. The van der Waals surface area contributed by atoms with Crippen LogP contribution in [-0.4, -0.2) is 5.78 Å². The Bertz CT molecular complexity index is 1140. The number of carbonyl (C=O) groups is 1. The van der Waals surface area contributed by atoms with Gasteiger partial charge in [0.2, 0.25) is 0 Å². The van der Waals surface area contributed by atoms with Gasteiger partial charge in [-0.2, -0.15) is 5.26 Å². The number of carbonyl (C=O) groups excluding carboxylic acids is 1. The smallest absolute Gasteiger partial charge is 0.162 e. The van der Waals surface area contributed by atoms with Crippen LogP contribution in [0.2, 0.25) is 0 Å². The predicted molar refractivity (Wildman–Crippen MR) is 117 cm³/mol. The van der Waals surface area contributed by atoms with Crippen molar-refractivity contribution in [2.75, 3.05) is 4.90 Å². The molecule has 1 aromatic carbocycles. The summed E-state index contributed by atoms with van der Waals surface area (Å²) in [5.41, 5.74) is 8.55. The van der Waals surface area contributed by atoms with Crippen LogP contribution in [0.15, 0.2) is 59.1 Å². The Kier molecular flexibility index (Phi) is 5.03. The number of halogens is 1. The Morgan fingerprint density at radius 2 is 2.07 bits per heavy atom. The van der Waals surface area contributed by atoms with Crippen LogP contribution in [-0.2, 0) is 11.2 Å². The van der Waals surface area contributed by atoms with E-state index < -0.39 is 11.7 Å². The average molecular weight is 422 g/mol. The van der Waals surface area contributed by atoms with E-state index >= 15 is 0 Å². The molecule has 30 heavy (non-hydrogen) atoms. The zero-order valence-corrected chi connectivity index (χ0v) is 18.1. The van der Waals surface area contributed by atoms with Crippen molar-refractivity contribution in [3.63, 3.8) is 0 Å². The van der Waals surface area contributed by atoms with E-state index in [4.69, 9.17) is 5.73 Å². The molecule has 1 unspecified atom stereocenters. The number of aryl methyl sites for hydroxylation is 1.